The Bertz CT molecular complexity index is 685. The molecule has 5 nitrogen and oxygen atoms in total. The van der Waals surface area contributed by atoms with Crippen LogP contribution in [0.25, 0.3) is 0 Å². The Kier molecular flexibility index (Phi) is 5.10. The van der Waals surface area contributed by atoms with E-state index in [0.717, 1.165) is 11.4 Å². The lowest BCUT2D eigenvalue weighted by atomic mass is 10.2. The van der Waals surface area contributed by atoms with Crippen molar-refractivity contribution in [1.29, 1.82) is 5.26 Å². The molecule has 0 unspecified atom stereocenters. The van der Waals surface area contributed by atoms with Crippen molar-refractivity contribution in [3.63, 3.8) is 0 Å². The highest BCUT2D eigenvalue weighted by Gasteiger charge is 2.14. The minimum Gasteiger partial charge on any atom is -0.355 e. The Labute approximate surface area is 130 Å². The van der Waals surface area contributed by atoms with E-state index in [9.17, 15) is 4.79 Å². The number of benzene rings is 1. The van der Waals surface area contributed by atoms with Crippen LogP contribution in [0.5, 0.6) is 0 Å². The third-order valence-electron chi connectivity index (χ3n) is 3.33. The quantitative estimate of drug-likeness (QED) is 0.919. The predicted molar refractivity (Wildman–Crippen MR) is 85.9 cm³/mol. The maximum absolute atomic E-state index is 12.3. The number of carbonyl (C=O) groups is 1. The highest BCUT2D eigenvalue weighted by molar-refractivity contribution is 5.93. The standard InChI is InChI=1S/C17H18N4O/c1-3-21(4-2)17(22)16-11-15(9-10-19-16)20-14-7-5-13(12-18)6-8-14/h5-11H,3-4H2,1-2H3,(H,19,20). The van der Waals surface area contributed by atoms with Crippen molar-refractivity contribution >= 4 is 17.3 Å². The minimum absolute atomic E-state index is 0.0755. The highest BCUT2D eigenvalue weighted by atomic mass is 16.2. The average Bonchev–Trinajstić information content (AvgIpc) is 2.57. The van der Waals surface area contributed by atoms with Crippen molar-refractivity contribution in [3.8, 4) is 6.07 Å². The molecule has 0 saturated carbocycles. The molecule has 2 rings (SSSR count). The molecule has 0 fully saturated rings. The maximum Gasteiger partial charge on any atom is 0.272 e. The molecule has 0 bridgehead atoms. The van der Waals surface area contributed by atoms with E-state index in [-0.39, 0.29) is 5.91 Å². The molecule has 0 aliphatic carbocycles. The molecule has 1 amide bonds. The Balaban J connectivity index is 2.17. The first-order chi connectivity index (χ1) is 10.7. The van der Waals surface area contributed by atoms with Crippen LogP contribution >= 0.6 is 0 Å². The summed E-state index contributed by atoms with van der Waals surface area (Å²) < 4.78 is 0. The first-order valence-corrected chi connectivity index (χ1v) is 7.20. The van der Waals surface area contributed by atoms with Gasteiger partial charge in [0, 0.05) is 30.7 Å². The van der Waals surface area contributed by atoms with Crippen LogP contribution in [0.3, 0.4) is 0 Å². The number of anilines is 2. The third-order valence-corrected chi connectivity index (χ3v) is 3.33. The van der Waals surface area contributed by atoms with Gasteiger partial charge >= 0.3 is 0 Å². The van der Waals surface area contributed by atoms with Gasteiger partial charge in [-0.1, -0.05) is 0 Å². The number of carbonyl (C=O) groups excluding carboxylic acids is 1. The van der Waals surface area contributed by atoms with Crippen LogP contribution in [-0.2, 0) is 0 Å². The van der Waals surface area contributed by atoms with E-state index in [2.05, 4.69) is 16.4 Å². The molecule has 1 aromatic carbocycles. The molecule has 22 heavy (non-hydrogen) atoms. The molecule has 0 spiro atoms. The van der Waals surface area contributed by atoms with E-state index in [1.165, 1.54) is 0 Å². The van der Waals surface area contributed by atoms with Crippen molar-refractivity contribution < 1.29 is 4.79 Å². The Morgan fingerprint density at radius 1 is 1.18 bits per heavy atom. The summed E-state index contributed by atoms with van der Waals surface area (Å²) in [6.45, 7) is 5.20. The SMILES string of the molecule is CCN(CC)C(=O)c1cc(Nc2ccc(C#N)cc2)ccn1. The molecule has 0 radical (unpaired) electrons. The zero-order valence-electron chi connectivity index (χ0n) is 12.7. The van der Waals surface area contributed by atoms with Gasteiger partial charge in [0.2, 0.25) is 0 Å². The summed E-state index contributed by atoms with van der Waals surface area (Å²) in [5.41, 5.74) is 2.67. The number of rotatable bonds is 5. The number of pyridine rings is 1. The van der Waals surface area contributed by atoms with Gasteiger partial charge in [-0.2, -0.15) is 5.26 Å². The van der Waals surface area contributed by atoms with Crippen molar-refractivity contribution in [2.75, 3.05) is 18.4 Å². The fraction of sp³-hybridized carbons (Fsp3) is 0.235. The fourth-order valence-corrected chi connectivity index (χ4v) is 2.09. The zero-order chi connectivity index (χ0) is 15.9. The van der Waals surface area contributed by atoms with Gasteiger partial charge in [0.1, 0.15) is 5.69 Å². The second-order valence-electron chi connectivity index (χ2n) is 4.72. The molecule has 0 aliphatic heterocycles. The van der Waals surface area contributed by atoms with Crippen LogP contribution in [0.4, 0.5) is 11.4 Å². The lowest BCUT2D eigenvalue weighted by Gasteiger charge is -2.18. The minimum atomic E-state index is -0.0755. The molecule has 1 N–H and O–H groups in total. The van der Waals surface area contributed by atoms with Crippen molar-refractivity contribution in [2.45, 2.75) is 13.8 Å². The van der Waals surface area contributed by atoms with Gasteiger partial charge in [-0.15, -0.1) is 0 Å². The van der Waals surface area contributed by atoms with Gasteiger partial charge in [-0.05, 0) is 50.2 Å². The molecule has 5 heteroatoms. The van der Waals surface area contributed by atoms with Crippen LogP contribution in [0.2, 0.25) is 0 Å². The summed E-state index contributed by atoms with van der Waals surface area (Å²) in [7, 11) is 0. The van der Waals surface area contributed by atoms with E-state index in [0.29, 0.717) is 24.3 Å². The number of aromatic nitrogens is 1. The Hall–Kier alpha value is -2.87. The lowest BCUT2D eigenvalue weighted by molar-refractivity contribution is 0.0767. The molecule has 1 aromatic heterocycles. The monoisotopic (exact) mass is 294 g/mol. The van der Waals surface area contributed by atoms with Crippen LogP contribution < -0.4 is 5.32 Å². The lowest BCUT2D eigenvalue weighted by Crippen LogP contribution is -2.31. The van der Waals surface area contributed by atoms with Crippen molar-refractivity contribution in [2.24, 2.45) is 0 Å². The predicted octanol–water partition coefficient (Wildman–Crippen LogP) is 3.18. The van der Waals surface area contributed by atoms with Gasteiger partial charge in [0.15, 0.2) is 0 Å². The van der Waals surface area contributed by atoms with Crippen LogP contribution in [0.1, 0.15) is 29.9 Å². The van der Waals surface area contributed by atoms with E-state index in [4.69, 9.17) is 5.26 Å². The number of nitriles is 1. The Morgan fingerprint density at radius 3 is 2.45 bits per heavy atom. The number of nitrogens with zero attached hydrogens (tertiary/aromatic N) is 3. The van der Waals surface area contributed by atoms with Crippen molar-refractivity contribution in [1.82, 2.24) is 9.88 Å². The van der Waals surface area contributed by atoms with E-state index < -0.39 is 0 Å². The largest absolute Gasteiger partial charge is 0.355 e. The highest BCUT2D eigenvalue weighted by Crippen LogP contribution is 2.17. The first kappa shape index (κ1) is 15.5. The first-order valence-electron chi connectivity index (χ1n) is 7.20. The fourth-order valence-electron chi connectivity index (χ4n) is 2.09. The molecule has 0 saturated heterocycles. The normalized spacial score (nSPS) is 9.86. The summed E-state index contributed by atoms with van der Waals surface area (Å²) >= 11 is 0. The second-order valence-corrected chi connectivity index (χ2v) is 4.72. The summed E-state index contributed by atoms with van der Waals surface area (Å²) in [6.07, 6.45) is 1.61. The molecule has 0 aliphatic rings. The van der Waals surface area contributed by atoms with Gasteiger partial charge in [0.05, 0.1) is 11.6 Å². The maximum atomic E-state index is 12.3. The number of amides is 1. The summed E-state index contributed by atoms with van der Waals surface area (Å²) in [6, 6.07) is 12.7. The van der Waals surface area contributed by atoms with Gasteiger partial charge < -0.3 is 10.2 Å². The topological polar surface area (TPSA) is 69.0 Å². The van der Waals surface area contributed by atoms with Crippen LogP contribution in [-0.4, -0.2) is 28.9 Å². The van der Waals surface area contributed by atoms with E-state index >= 15 is 0 Å². The Morgan fingerprint density at radius 2 is 1.86 bits per heavy atom. The van der Waals surface area contributed by atoms with E-state index in [1.807, 2.05) is 26.0 Å². The molecule has 2 aromatic rings. The number of nitrogens with one attached hydrogen (secondary N) is 1. The average molecular weight is 294 g/mol. The zero-order valence-corrected chi connectivity index (χ0v) is 12.7. The molecular weight excluding hydrogens is 276 g/mol. The smallest absolute Gasteiger partial charge is 0.272 e. The van der Waals surface area contributed by atoms with Crippen molar-refractivity contribution in [3.05, 3.63) is 53.9 Å². The summed E-state index contributed by atoms with van der Waals surface area (Å²) in [4.78, 5) is 18.2. The molecule has 112 valence electrons. The van der Waals surface area contributed by atoms with Gasteiger partial charge in [-0.25, -0.2) is 0 Å². The summed E-state index contributed by atoms with van der Waals surface area (Å²) in [5.74, 6) is -0.0755. The molecule has 1 heterocycles. The van der Waals surface area contributed by atoms with E-state index in [1.54, 1.807) is 35.4 Å². The second kappa shape index (κ2) is 7.23. The van der Waals surface area contributed by atoms with Crippen LogP contribution in [0, 0.1) is 11.3 Å². The van der Waals surface area contributed by atoms with Crippen LogP contribution in [0.15, 0.2) is 42.6 Å². The molecule has 0 atom stereocenters. The summed E-state index contributed by atoms with van der Waals surface area (Å²) in [5, 5.41) is 12.0. The molecular formula is C17H18N4O. The van der Waals surface area contributed by atoms with Gasteiger partial charge in [-0.3, -0.25) is 9.78 Å². The number of hydrogen-bond donors (Lipinski definition) is 1. The third kappa shape index (κ3) is 3.61. The number of hydrogen-bond acceptors (Lipinski definition) is 4. The van der Waals surface area contributed by atoms with Gasteiger partial charge in [0.25, 0.3) is 5.91 Å².